The van der Waals surface area contributed by atoms with Crippen LogP contribution in [0.2, 0.25) is 5.02 Å². The van der Waals surface area contributed by atoms with Crippen LogP contribution in [0.3, 0.4) is 0 Å². The van der Waals surface area contributed by atoms with E-state index >= 15 is 0 Å². The average molecular weight is 408 g/mol. The van der Waals surface area contributed by atoms with Crippen LogP contribution in [-0.2, 0) is 0 Å². The molecule has 3 nitrogen and oxygen atoms in total. The van der Waals surface area contributed by atoms with Crippen LogP contribution in [0.25, 0.3) is 0 Å². The van der Waals surface area contributed by atoms with Gasteiger partial charge >= 0.3 is 0 Å². The molecule has 24 heavy (non-hydrogen) atoms. The van der Waals surface area contributed by atoms with E-state index in [2.05, 4.69) is 44.0 Å². The minimum atomic E-state index is 0.650. The molecule has 0 aromatic heterocycles. The molecule has 0 radical (unpaired) electrons. The Morgan fingerprint density at radius 1 is 1.12 bits per heavy atom. The first kappa shape index (κ1) is 17.3. The number of ether oxygens (including phenoxy) is 1. The van der Waals surface area contributed by atoms with Crippen molar-refractivity contribution in [3.63, 3.8) is 0 Å². The largest absolute Gasteiger partial charge is 0.496 e. The van der Waals surface area contributed by atoms with Gasteiger partial charge in [0.05, 0.1) is 17.8 Å². The fourth-order valence-corrected chi connectivity index (χ4v) is 3.29. The van der Waals surface area contributed by atoms with Crippen LogP contribution in [0, 0.1) is 0 Å². The van der Waals surface area contributed by atoms with E-state index in [9.17, 15) is 0 Å². The predicted molar refractivity (Wildman–Crippen MR) is 105 cm³/mol. The van der Waals surface area contributed by atoms with Crippen LogP contribution in [0.1, 0.15) is 24.8 Å². The van der Waals surface area contributed by atoms with Crippen LogP contribution in [0.15, 0.2) is 45.9 Å². The fourth-order valence-electron chi connectivity index (χ4n) is 2.86. The van der Waals surface area contributed by atoms with E-state index in [0.29, 0.717) is 5.02 Å². The third-order valence-corrected chi connectivity index (χ3v) is 5.43. The smallest absolute Gasteiger partial charge is 0.129 e. The molecule has 5 heteroatoms. The molecule has 1 aliphatic heterocycles. The Morgan fingerprint density at radius 3 is 2.62 bits per heavy atom. The molecule has 0 spiro atoms. The molecule has 126 valence electrons. The first-order valence-corrected chi connectivity index (χ1v) is 9.26. The lowest BCUT2D eigenvalue weighted by Gasteiger charge is -2.29. The molecule has 0 saturated carbocycles. The number of piperidine rings is 1. The summed E-state index contributed by atoms with van der Waals surface area (Å²) in [7, 11) is 1.70. The van der Waals surface area contributed by atoms with E-state index in [1.54, 1.807) is 7.11 Å². The average Bonchev–Trinajstić information content (AvgIpc) is 2.63. The number of nitrogens with zero attached hydrogens (tertiary/aromatic N) is 2. The van der Waals surface area contributed by atoms with Gasteiger partial charge in [0.25, 0.3) is 0 Å². The molecular weight excluding hydrogens is 388 g/mol. The highest BCUT2D eigenvalue weighted by atomic mass is 79.9. The number of halogens is 2. The van der Waals surface area contributed by atoms with E-state index in [4.69, 9.17) is 16.3 Å². The highest BCUT2D eigenvalue weighted by Gasteiger charge is 2.12. The van der Waals surface area contributed by atoms with Crippen molar-refractivity contribution < 1.29 is 4.74 Å². The number of aliphatic imine (C=N–C) groups is 1. The molecule has 0 amide bonds. The number of hydrogen-bond acceptors (Lipinski definition) is 3. The lowest BCUT2D eigenvalue weighted by Crippen LogP contribution is -2.29. The molecule has 1 heterocycles. The van der Waals surface area contributed by atoms with E-state index in [1.165, 1.54) is 24.9 Å². The summed E-state index contributed by atoms with van der Waals surface area (Å²) in [6.07, 6.45) is 5.66. The maximum Gasteiger partial charge on any atom is 0.129 e. The van der Waals surface area contributed by atoms with Gasteiger partial charge in [0.2, 0.25) is 0 Å². The summed E-state index contributed by atoms with van der Waals surface area (Å²) in [6, 6.07) is 11.9. The van der Waals surface area contributed by atoms with Crippen molar-refractivity contribution in [2.75, 3.05) is 25.1 Å². The van der Waals surface area contributed by atoms with Gasteiger partial charge in [-0.3, -0.25) is 4.99 Å². The molecule has 2 aromatic carbocycles. The van der Waals surface area contributed by atoms with Crippen molar-refractivity contribution in [1.82, 2.24) is 0 Å². The molecule has 0 atom stereocenters. The molecule has 2 aromatic rings. The molecule has 1 aliphatic rings. The van der Waals surface area contributed by atoms with E-state index < -0.39 is 0 Å². The SMILES string of the molecule is COc1cc(N2CCCCC2)ccc1C=Nc1ccc(Br)c(Cl)c1. The van der Waals surface area contributed by atoms with E-state index in [-0.39, 0.29) is 0 Å². The summed E-state index contributed by atoms with van der Waals surface area (Å²) < 4.78 is 6.42. The Labute approximate surface area is 156 Å². The zero-order chi connectivity index (χ0) is 16.9. The van der Waals surface area contributed by atoms with Gasteiger partial charge in [-0.25, -0.2) is 0 Å². The number of hydrogen-bond donors (Lipinski definition) is 0. The second-order valence-corrected chi connectivity index (χ2v) is 7.09. The van der Waals surface area contributed by atoms with Crippen LogP contribution in [0.5, 0.6) is 5.75 Å². The minimum absolute atomic E-state index is 0.650. The van der Waals surface area contributed by atoms with Crippen molar-refractivity contribution in [3.05, 3.63) is 51.5 Å². The number of anilines is 1. The van der Waals surface area contributed by atoms with Gasteiger partial charge in [0, 0.05) is 41.1 Å². The fraction of sp³-hybridized carbons (Fsp3) is 0.316. The van der Waals surface area contributed by atoms with Gasteiger partial charge in [-0.05, 0) is 65.5 Å². The maximum absolute atomic E-state index is 6.11. The summed E-state index contributed by atoms with van der Waals surface area (Å²) in [4.78, 5) is 6.92. The van der Waals surface area contributed by atoms with Gasteiger partial charge < -0.3 is 9.64 Å². The molecule has 1 fully saturated rings. The summed E-state index contributed by atoms with van der Waals surface area (Å²) in [5, 5.41) is 0.650. The standard InChI is InChI=1S/C19H20BrClN2O/c1-24-19-12-16(23-9-3-2-4-10-23)7-5-14(19)13-22-15-6-8-17(20)18(21)11-15/h5-8,11-13H,2-4,9-10H2,1H3. The molecule has 0 bridgehead atoms. The molecular formula is C19H20BrClN2O. The van der Waals surface area contributed by atoms with Crippen molar-refractivity contribution >= 4 is 45.1 Å². The van der Waals surface area contributed by atoms with Crippen molar-refractivity contribution in [2.24, 2.45) is 4.99 Å². The van der Waals surface area contributed by atoms with Crippen LogP contribution >= 0.6 is 27.5 Å². The Morgan fingerprint density at radius 2 is 1.92 bits per heavy atom. The number of methoxy groups -OCH3 is 1. The number of rotatable bonds is 4. The monoisotopic (exact) mass is 406 g/mol. The zero-order valence-corrected chi connectivity index (χ0v) is 16.0. The van der Waals surface area contributed by atoms with Crippen molar-refractivity contribution in [1.29, 1.82) is 0 Å². The summed E-state index contributed by atoms with van der Waals surface area (Å²) in [5.41, 5.74) is 2.98. The molecule has 1 saturated heterocycles. The first-order chi connectivity index (χ1) is 11.7. The topological polar surface area (TPSA) is 24.8 Å². The Hall–Kier alpha value is -1.52. The Balaban J connectivity index is 1.82. The third-order valence-electron chi connectivity index (χ3n) is 4.19. The van der Waals surface area contributed by atoms with Crippen LogP contribution in [0.4, 0.5) is 11.4 Å². The first-order valence-electron chi connectivity index (χ1n) is 8.09. The molecule has 0 unspecified atom stereocenters. The van der Waals surface area contributed by atoms with Crippen molar-refractivity contribution in [2.45, 2.75) is 19.3 Å². The van der Waals surface area contributed by atoms with Gasteiger partial charge in [-0.1, -0.05) is 11.6 Å². The minimum Gasteiger partial charge on any atom is -0.496 e. The lowest BCUT2D eigenvalue weighted by atomic mass is 10.1. The second-order valence-electron chi connectivity index (χ2n) is 5.83. The van der Waals surface area contributed by atoms with Crippen LogP contribution < -0.4 is 9.64 Å². The quantitative estimate of drug-likeness (QED) is 0.594. The zero-order valence-electron chi connectivity index (χ0n) is 13.6. The normalized spacial score (nSPS) is 15.0. The predicted octanol–water partition coefficient (Wildman–Crippen LogP) is 5.85. The van der Waals surface area contributed by atoms with Gasteiger partial charge in [0.1, 0.15) is 5.75 Å². The molecule has 0 aliphatic carbocycles. The van der Waals surface area contributed by atoms with E-state index in [1.807, 2.05) is 24.4 Å². The summed E-state index contributed by atoms with van der Waals surface area (Å²) in [5.74, 6) is 0.838. The molecule has 0 N–H and O–H groups in total. The highest BCUT2D eigenvalue weighted by molar-refractivity contribution is 9.10. The molecule has 3 rings (SSSR count). The third kappa shape index (κ3) is 4.11. The second kappa shape index (κ2) is 8.04. The Kier molecular flexibility index (Phi) is 5.80. The van der Waals surface area contributed by atoms with Gasteiger partial charge in [-0.2, -0.15) is 0 Å². The highest BCUT2D eigenvalue weighted by Crippen LogP contribution is 2.29. The van der Waals surface area contributed by atoms with E-state index in [0.717, 1.165) is 34.6 Å². The van der Waals surface area contributed by atoms with Crippen LogP contribution in [-0.4, -0.2) is 26.4 Å². The lowest BCUT2D eigenvalue weighted by molar-refractivity contribution is 0.414. The van der Waals surface area contributed by atoms with Gasteiger partial charge in [0.15, 0.2) is 0 Å². The van der Waals surface area contributed by atoms with Crippen molar-refractivity contribution in [3.8, 4) is 5.75 Å². The maximum atomic E-state index is 6.11. The number of benzene rings is 2. The Bertz CT molecular complexity index is 742. The van der Waals surface area contributed by atoms with Gasteiger partial charge in [-0.15, -0.1) is 0 Å². The summed E-state index contributed by atoms with van der Waals surface area (Å²) in [6.45, 7) is 2.24. The summed E-state index contributed by atoms with van der Waals surface area (Å²) >= 11 is 9.50.